The van der Waals surface area contributed by atoms with Crippen LogP contribution in [-0.4, -0.2) is 16.4 Å². The lowest BCUT2D eigenvalue weighted by Gasteiger charge is -2.27. The van der Waals surface area contributed by atoms with Crippen molar-refractivity contribution in [1.82, 2.24) is 5.32 Å². The third kappa shape index (κ3) is 4.32. The van der Waals surface area contributed by atoms with Crippen molar-refractivity contribution in [3.8, 4) is 0 Å². The van der Waals surface area contributed by atoms with Crippen molar-refractivity contribution in [3.05, 3.63) is 29.8 Å². The molecule has 1 aliphatic carbocycles. The lowest BCUT2D eigenvalue weighted by atomic mass is 9.80. The van der Waals surface area contributed by atoms with E-state index in [1.54, 1.807) is 12.1 Å². The molecular weight excluding hydrogens is 296 g/mol. The second-order valence-electron chi connectivity index (χ2n) is 6.30. The van der Waals surface area contributed by atoms with E-state index in [2.05, 4.69) is 12.2 Å². The SMILES string of the molecule is CCC1CCC(C(=O)NCc2ccccc2S(C)(=N)=O)CC1. The highest BCUT2D eigenvalue weighted by Crippen LogP contribution is 2.30. The predicted molar refractivity (Wildman–Crippen MR) is 89.1 cm³/mol. The number of amides is 1. The Morgan fingerprint density at radius 2 is 1.91 bits per heavy atom. The van der Waals surface area contributed by atoms with Crippen LogP contribution in [0.15, 0.2) is 29.2 Å². The second kappa shape index (κ2) is 7.27. The summed E-state index contributed by atoms with van der Waals surface area (Å²) >= 11 is 0. The standard InChI is InChI=1S/C17H26N2O2S/c1-3-13-8-10-14(11-9-13)17(20)19-12-15-6-4-5-7-16(15)22(2,18)21/h4-7,13-14,18H,3,8-12H2,1-2H3,(H,19,20). The first kappa shape index (κ1) is 17.0. The van der Waals surface area contributed by atoms with Crippen LogP contribution in [0.3, 0.4) is 0 Å². The normalized spacial score (nSPS) is 24.5. The van der Waals surface area contributed by atoms with Gasteiger partial charge in [0, 0.05) is 18.7 Å². The third-order valence-corrected chi connectivity index (χ3v) is 5.88. The molecule has 0 radical (unpaired) electrons. The summed E-state index contributed by atoms with van der Waals surface area (Å²) in [6, 6.07) is 7.18. The molecule has 0 heterocycles. The molecule has 1 fully saturated rings. The third-order valence-electron chi connectivity index (χ3n) is 4.64. The maximum atomic E-state index is 12.3. The fraction of sp³-hybridized carbons (Fsp3) is 0.588. The van der Waals surface area contributed by atoms with Crippen molar-refractivity contribution in [2.45, 2.75) is 50.5 Å². The molecule has 2 rings (SSSR count). The van der Waals surface area contributed by atoms with Crippen molar-refractivity contribution in [1.29, 1.82) is 4.78 Å². The first-order valence-electron chi connectivity index (χ1n) is 8.01. The summed E-state index contributed by atoms with van der Waals surface area (Å²) in [5, 5.41) is 2.97. The molecule has 1 amide bonds. The monoisotopic (exact) mass is 322 g/mol. The van der Waals surface area contributed by atoms with Gasteiger partial charge < -0.3 is 5.32 Å². The van der Waals surface area contributed by atoms with Crippen LogP contribution in [-0.2, 0) is 21.1 Å². The highest BCUT2D eigenvalue weighted by Gasteiger charge is 2.25. The van der Waals surface area contributed by atoms with Crippen molar-refractivity contribution >= 4 is 15.6 Å². The molecule has 5 heteroatoms. The Morgan fingerprint density at radius 1 is 1.27 bits per heavy atom. The van der Waals surface area contributed by atoms with Crippen LogP contribution in [0.5, 0.6) is 0 Å². The smallest absolute Gasteiger partial charge is 0.223 e. The minimum atomic E-state index is -2.77. The lowest BCUT2D eigenvalue weighted by Crippen LogP contribution is -2.33. The molecule has 1 aromatic carbocycles. The molecule has 0 saturated heterocycles. The maximum absolute atomic E-state index is 12.3. The van der Waals surface area contributed by atoms with Gasteiger partial charge in [-0.05, 0) is 43.2 Å². The van der Waals surface area contributed by atoms with E-state index in [1.165, 1.54) is 12.7 Å². The van der Waals surface area contributed by atoms with E-state index in [9.17, 15) is 9.00 Å². The number of hydrogen-bond acceptors (Lipinski definition) is 3. The summed E-state index contributed by atoms with van der Waals surface area (Å²) in [4.78, 5) is 12.8. The first-order chi connectivity index (χ1) is 10.4. The molecule has 1 aliphatic rings. The largest absolute Gasteiger partial charge is 0.352 e. The molecule has 0 bridgehead atoms. The molecular formula is C17H26N2O2S. The van der Waals surface area contributed by atoms with Crippen LogP contribution in [0.1, 0.15) is 44.6 Å². The zero-order valence-corrected chi connectivity index (χ0v) is 14.2. The highest BCUT2D eigenvalue weighted by atomic mass is 32.2. The molecule has 1 saturated carbocycles. The van der Waals surface area contributed by atoms with Crippen LogP contribution in [0.4, 0.5) is 0 Å². The van der Waals surface area contributed by atoms with E-state index in [-0.39, 0.29) is 11.8 Å². The summed E-state index contributed by atoms with van der Waals surface area (Å²) in [6.45, 7) is 2.57. The molecule has 0 aliphatic heterocycles. The number of nitrogens with one attached hydrogen (secondary N) is 2. The summed E-state index contributed by atoms with van der Waals surface area (Å²) in [5.41, 5.74) is 0.778. The van der Waals surface area contributed by atoms with Crippen LogP contribution in [0.2, 0.25) is 0 Å². The van der Waals surface area contributed by atoms with Gasteiger partial charge in [-0.2, -0.15) is 0 Å². The Balaban J connectivity index is 1.95. The highest BCUT2D eigenvalue weighted by molar-refractivity contribution is 7.91. The van der Waals surface area contributed by atoms with Gasteiger partial charge in [0.1, 0.15) is 0 Å². The fourth-order valence-electron chi connectivity index (χ4n) is 3.19. The number of benzene rings is 1. The van der Waals surface area contributed by atoms with Gasteiger partial charge in [0.05, 0.1) is 14.6 Å². The van der Waals surface area contributed by atoms with Gasteiger partial charge >= 0.3 is 0 Å². The van der Waals surface area contributed by atoms with E-state index in [1.807, 2.05) is 12.1 Å². The van der Waals surface area contributed by atoms with Crippen molar-refractivity contribution in [2.75, 3.05) is 6.26 Å². The minimum absolute atomic E-state index is 0.0944. The molecule has 22 heavy (non-hydrogen) atoms. The topological polar surface area (TPSA) is 70.0 Å². The zero-order chi connectivity index (χ0) is 16.2. The van der Waals surface area contributed by atoms with Crippen molar-refractivity contribution < 1.29 is 9.00 Å². The number of carbonyl (C=O) groups is 1. The summed E-state index contributed by atoms with van der Waals surface area (Å²) in [5.74, 6) is 0.978. The summed E-state index contributed by atoms with van der Waals surface area (Å²) in [6.07, 6.45) is 6.83. The van der Waals surface area contributed by atoms with E-state index in [0.717, 1.165) is 37.2 Å². The van der Waals surface area contributed by atoms with Gasteiger partial charge in [0.25, 0.3) is 0 Å². The van der Waals surface area contributed by atoms with Gasteiger partial charge in [-0.25, -0.2) is 8.99 Å². The average Bonchev–Trinajstić information content (AvgIpc) is 2.52. The van der Waals surface area contributed by atoms with Gasteiger partial charge in [0.15, 0.2) is 0 Å². The van der Waals surface area contributed by atoms with Gasteiger partial charge in [-0.15, -0.1) is 0 Å². The average molecular weight is 322 g/mol. The molecule has 1 aromatic rings. The molecule has 0 aromatic heterocycles. The Morgan fingerprint density at radius 3 is 2.50 bits per heavy atom. The number of carbonyl (C=O) groups excluding carboxylic acids is 1. The van der Waals surface area contributed by atoms with E-state index >= 15 is 0 Å². The Bertz CT molecular complexity index is 617. The van der Waals surface area contributed by atoms with E-state index < -0.39 is 9.73 Å². The summed E-state index contributed by atoms with van der Waals surface area (Å²) < 4.78 is 19.7. The number of rotatable bonds is 5. The van der Waals surface area contributed by atoms with Gasteiger partial charge in [-0.3, -0.25) is 4.79 Å². The minimum Gasteiger partial charge on any atom is -0.352 e. The first-order valence-corrected chi connectivity index (χ1v) is 9.98. The lowest BCUT2D eigenvalue weighted by molar-refractivity contribution is -0.126. The summed E-state index contributed by atoms with van der Waals surface area (Å²) in [7, 11) is -2.77. The fourth-order valence-corrected chi connectivity index (χ4v) is 4.17. The molecule has 0 spiro atoms. The van der Waals surface area contributed by atoms with Crippen LogP contribution in [0.25, 0.3) is 0 Å². The molecule has 1 atom stereocenters. The molecule has 4 nitrogen and oxygen atoms in total. The maximum Gasteiger partial charge on any atom is 0.223 e. The predicted octanol–water partition coefficient (Wildman–Crippen LogP) is 3.55. The Labute approximate surface area is 133 Å². The Kier molecular flexibility index (Phi) is 5.62. The molecule has 122 valence electrons. The van der Waals surface area contributed by atoms with E-state index in [4.69, 9.17) is 4.78 Å². The Hall–Kier alpha value is -1.36. The van der Waals surface area contributed by atoms with Crippen molar-refractivity contribution in [2.24, 2.45) is 11.8 Å². The quantitative estimate of drug-likeness (QED) is 0.870. The number of hydrogen-bond donors (Lipinski definition) is 2. The van der Waals surface area contributed by atoms with Gasteiger partial charge in [0.2, 0.25) is 5.91 Å². The van der Waals surface area contributed by atoms with Crippen LogP contribution >= 0.6 is 0 Å². The van der Waals surface area contributed by atoms with Crippen LogP contribution < -0.4 is 5.32 Å². The van der Waals surface area contributed by atoms with E-state index in [0.29, 0.717) is 11.4 Å². The van der Waals surface area contributed by atoms with Gasteiger partial charge in [-0.1, -0.05) is 31.5 Å². The molecule has 1 unspecified atom stereocenters. The second-order valence-corrected chi connectivity index (χ2v) is 8.42. The van der Waals surface area contributed by atoms with Crippen molar-refractivity contribution in [3.63, 3.8) is 0 Å². The zero-order valence-electron chi connectivity index (χ0n) is 13.4. The van der Waals surface area contributed by atoms with Crippen LogP contribution in [0, 0.1) is 16.6 Å². The molecule has 2 N–H and O–H groups in total.